The fourth-order valence-corrected chi connectivity index (χ4v) is 0.880. The van der Waals surface area contributed by atoms with Gasteiger partial charge in [-0.05, 0) is 12.1 Å². The van der Waals surface area contributed by atoms with E-state index in [4.69, 9.17) is 0 Å². The van der Waals surface area contributed by atoms with E-state index in [-0.39, 0.29) is 57.0 Å². The number of aromatic nitrogens is 2. The van der Waals surface area contributed by atoms with Gasteiger partial charge in [-0.1, -0.05) is 12.1 Å². The molecule has 0 bridgehead atoms. The number of hydrogen-bond acceptors (Lipinski definition) is 1. The quantitative estimate of drug-likeness (QED) is 0.486. The van der Waals surface area contributed by atoms with Crippen LogP contribution in [0.3, 0.4) is 0 Å². The second-order valence-corrected chi connectivity index (χ2v) is 1.92. The molecule has 0 atom stereocenters. The van der Waals surface area contributed by atoms with Crippen LogP contribution in [-0.2, 0) is 0 Å². The number of fused-ring (bicyclic) bond motifs is 1. The van der Waals surface area contributed by atoms with Gasteiger partial charge in [0.05, 0.1) is 17.4 Å². The minimum absolute atomic E-state index is 0. The van der Waals surface area contributed by atoms with Crippen molar-refractivity contribution >= 4 is 34.1 Å². The molecular formula is C7H6Br2MgN2. The van der Waals surface area contributed by atoms with Crippen LogP contribution in [0.15, 0.2) is 30.6 Å². The Hall–Kier alpha value is 0.416. The third kappa shape index (κ3) is 3.04. The smallest absolute Gasteiger partial charge is 1.00 e. The summed E-state index contributed by atoms with van der Waals surface area (Å²) in [5.41, 5.74) is 2.12. The molecule has 12 heavy (non-hydrogen) atoms. The van der Waals surface area contributed by atoms with E-state index < -0.39 is 0 Å². The fourth-order valence-electron chi connectivity index (χ4n) is 0.880. The predicted molar refractivity (Wildman–Crippen MR) is 41.8 cm³/mol. The molecule has 0 radical (unpaired) electrons. The number of para-hydroxylation sites is 2. The van der Waals surface area contributed by atoms with Crippen LogP contribution in [-0.4, -0.2) is 33.0 Å². The van der Waals surface area contributed by atoms with Gasteiger partial charge in [-0.3, -0.25) is 0 Å². The van der Waals surface area contributed by atoms with E-state index in [2.05, 4.69) is 9.97 Å². The maximum atomic E-state index is 4.06. The van der Waals surface area contributed by atoms with Crippen LogP contribution in [0.25, 0.3) is 11.0 Å². The summed E-state index contributed by atoms with van der Waals surface area (Å²) in [6.07, 6.45) is 1.70. The van der Waals surface area contributed by atoms with Crippen molar-refractivity contribution < 1.29 is 34.0 Å². The standard InChI is InChI=1S/C7H6N2.2BrH.Mg/c1-2-4-7-6(3-1)8-5-9-7;;;/h1-5H,(H,8,9);2*1H;/q;;;+2/p-2. The summed E-state index contributed by atoms with van der Waals surface area (Å²) < 4.78 is 0. The first-order chi connectivity index (χ1) is 4.47. The van der Waals surface area contributed by atoms with Gasteiger partial charge in [0.2, 0.25) is 0 Å². The van der Waals surface area contributed by atoms with E-state index in [9.17, 15) is 0 Å². The van der Waals surface area contributed by atoms with E-state index in [1.54, 1.807) is 6.33 Å². The number of H-pyrrole nitrogens is 1. The largest absolute Gasteiger partial charge is 2.00 e. The van der Waals surface area contributed by atoms with E-state index in [0.29, 0.717) is 0 Å². The fraction of sp³-hybridized carbons (Fsp3) is 0. The van der Waals surface area contributed by atoms with Gasteiger partial charge in [-0.25, -0.2) is 4.98 Å². The van der Waals surface area contributed by atoms with E-state index >= 15 is 0 Å². The maximum Gasteiger partial charge on any atom is 2.00 e. The van der Waals surface area contributed by atoms with E-state index in [1.807, 2.05) is 24.3 Å². The van der Waals surface area contributed by atoms with Crippen LogP contribution >= 0.6 is 0 Å². The van der Waals surface area contributed by atoms with Crippen LogP contribution < -0.4 is 34.0 Å². The van der Waals surface area contributed by atoms with E-state index in [0.717, 1.165) is 11.0 Å². The average molecular weight is 302 g/mol. The van der Waals surface area contributed by atoms with Gasteiger partial charge in [0.25, 0.3) is 0 Å². The summed E-state index contributed by atoms with van der Waals surface area (Å²) in [4.78, 5) is 7.07. The molecule has 0 saturated heterocycles. The van der Waals surface area contributed by atoms with Gasteiger partial charge in [0.1, 0.15) is 0 Å². The number of imidazole rings is 1. The molecule has 1 aromatic carbocycles. The van der Waals surface area contributed by atoms with Gasteiger partial charge in [-0.15, -0.1) is 0 Å². The molecule has 0 spiro atoms. The third-order valence-electron chi connectivity index (χ3n) is 1.33. The van der Waals surface area contributed by atoms with Gasteiger partial charge >= 0.3 is 23.1 Å². The Morgan fingerprint density at radius 3 is 2.42 bits per heavy atom. The molecule has 0 amide bonds. The monoisotopic (exact) mass is 300 g/mol. The first-order valence-electron chi connectivity index (χ1n) is 2.85. The molecule has 0 aliphatic rings. The van der Waals surface area contributed by atoms with Crippen molar-refractivity contribution in [3.8, 4) is 0 Å². The number of halogens is 2. The summed E-state index contributed by atoms with van der Waals surface area (Å²) >= 11 is 0. The Morgan fingerprint density at radius 2 is 1.75 bits per heavy atom. The molecule has 60 valence electrons. The Labute approximate surface area is 108 Å². The van der Waals surface area contributed by atoms with Crippen molar-refractivity contribution in [2.24, 2.45) is 0 Å². The van der Waals surface area contributed by atoms with Crippen LogP contribution in [0.5, 0.6) is 0 Å². The van der Waals surface area contributed by atoms with Crippen molar-refractivity contribution in [1.29, 1.82) is 0 Å². The summed E-state index contributed by atoms with van der Waals surface area (Å²) in [5.74, 6) is 0. The maximum absolute atomic E-state index is 4.06. The predicted octanol–water partition coefficient (Wildman–Crippen LogP) is -4.81. The number of benzene rings is 1. The minimum Gasteiger partial charge on any atom is -1.00 e. The molecule has 2 nitrogen and oxygen atoms in total. The van der Waals surface area contributed by atoms with Gasteiger partial charge < -0.3 is 38.9 Å². The van der Waals surface area contributed by atoms with Crippen molar-refractivity contribution in [1.82, 2.24) is 9.97 Å². The van der Waals surface area contributed by atoms with Crippen LogP contribution in [0, 0.1) is 0 Å². The minimum atomic E-state index is 0. The molecule has 0 aliphatic heterocycles. The number of nitrogens with one attached hydrogen (secondary N) is 1. The van der Waals surface area contributed by atoms with Crippen LogP contribution in [0.4, 0.5) is 0 Å². The zero-order valence-electron chi connectivity index (χ0n) is 6.30. The number of hydrogen-bond donors (Lipinski definition) is 1. The average Bonchev–Trinajstić information content (AvgIpc) is 2.33. The zero-order chi connectivity index (χ0) is 6.10. The second kappa shape index (κ2) is 6.88. The van der Waals surface area contributed by atoms with Crippen LogP contribution in [0.1, 0.15) is 0 Å². The summed E-state index contributed by atoms with van der Waals surface area (Å²) in [6, 6.07) is 7.94. The Bertz CT molecular complexity index is 293. The number of rotatable bonds is 0. The Morgan fingerprint density at radius 1 is 1.08 bits per heavy atom. The second-order valence-electron chi connectivity index (χ2n) is 1.92. The van der Waals surface area contributed by atoms with Crippen molar-refractivity contribution in [2.75, 3.05) is 0 Å². The van der Waals surface area contributed by atoms with Crippen molar-refractivity contribution in [3.63, 3.8) is 0 Å². The van der Waals surface area contributed by atoms with Gasteiger partial charge in [0.15, 0.2) is 0 Å². The van der Waals surface area contributed by atoms with E-state index in [1.165, 1.54) is 0 Å². The molecule has 2 rings (SSSR count). The summed E-state index contributed by atoms with van der Waals surface area (Å²) in [5, 5.41) is 0. The molecule has 0 saturated carbocycles. The Balaban J connectivity index is 0. The topological polar surface area (TPSA) is 28.7 Å². The molecule has 5 heteroatoms. The zero-order valence-corrected chi connectivity index (χ0v) is 10.9. The molecule has 0 aliphatic carbocycles. The third-order valence-corrected chi connectivity index (χ3v) is 1.33. The summed E-state index contributed by atoms with van der Waals surface area (Å²) in [7, 11) is 0. The normalized spacial score (nSPS) is 7.67. The molecule has 0 unspecified atom stereocenters. The first-order valence-corrected chi connectivity index (χ1v) is 2.85. The van der Waals surface area contributed by atoms with Crippen LogP contribution in [0.2, 0.25) is 0 Å². The SMILES string of the molecule is [Br-].[Br-].[Mg+2].c1ccc2[nH]cnc2c1. The molecule has 1 heterocycles. The van der Waals surface area contributed by atoms with Crippen molar-refractivity contribution in [3.05, 3.63) is 30.6 Å². The van der Waals surface area contributed by atoms with Crippen molar-refractivity contribution in [2.45, 2.75) is 0 Å². The molecular weight excluding hydrogens is 296 g/mol. The van der Waals surface area contributed by atoms with Gasteiger partial charge in [-0.2, -0.15) is 0 Å². The first kappa shape index (κ1) is 14.9. The van der Waals surface area contributed by atoms with Gasteiger partial charge in [0, 0.05) is 0 Å². The molecule has 1 N–H and O–H groups in total. The Kier molecular flexibility index (Phi) is 8.55. The molecule has 1 aromatic heterocycles. The summed E-state index contributed by atoms with van der Waals surface area (Å²) in [6.45, 7) is 0. The number of nitrogens with zero attached hydrogens (tertiary/aromatic N) is 1. The molecule has 0 fully saturated rings. The molecule has 2 aromatic rings. The number of aromatic amines is 1.